The van der Waals surface area contributed by atoms with Crippen LogP contribution >= 0.6 is 0 Å². The third kappa shape index (κ3) is 2.47. The number of pyridine rings is 1. The lowest BCUT2D eigenvalue weighted by Gasteiger charge is -2.28. The standard InChI is InChI=1S/C19H19N3O2/c1-13(24)22-7-2-3-16-10-15(4-5-18(16)22)17-11-21-8-6-14(12-23)9-19(21)20-17/h4-6,8-11,23H,2-3,7,12H2,1H3. The Bertz CT molecular complexity index is 930. The normalized spacial score (nSPS) is 14.0. The van der Waals surface area contributed by atoms with Crippen molar-refractivity contribution in [1.82, 2.24) is 9.38 Å². The van der Waals surface area contributed by atoms with Gasteiger partial charge in [-0.15, -0.1) is 0 Å². The number of aryl methyl sites for hydroxylation is 1. The molecule has 0 unspecified atom stereocenters. The summed E-state index contributed by atoms with van der Waals surface area (Å²) in [7, 11) is 0. The lowest BCUT2D eigenvalue weighted by atomic mass is 9.98. The van der Waals surface area contributed by atoms with Gasteiger partial charge in [0.25, 0.3) is 0 Å². The van der Waals surface area contributed by atoms with Gasteiger partial charge in [-0.05, 0) is 48.2 Å². The molecule has 0 saturated carbocycles. The van der Waals surface area contributed by atoms with Crippen molar-refractivity contribution in [3.05, 3.63) is 53.9 Å². The summed E-state index contributed by atoms with van der Waals surface area (Å²) in [5.41, 5.74) is 5.83. The number of carbonyl (C=O) groups is 1. The third-order valence-electron chi connectivity index (χ3n) is 4.58. The molecule has 1 amide bonds. The van der Waals surface area contributed by atoms with Crippen LogP contribution in [-0.2, 0) is 17.8 Å². The van der Waals surface area contributed by atoms with Gasteiger partial charge in [-0.2, -0.15) is 0 Å². The van der Waals surface area contributed by atoms with Gasteiger partial charge >= 0.3 is 0 Å². The summed E-state index contributed by atoms with van der Waals surface area (Å²) < 4.78 is 1.95. The molecule has 2 aromatic heterocycles. The van der Waals surface area contributed by atoms with Crippen molar-refractivity contribution in [2.24, 2.45) is 0 Å². The summed E-state index contributed by atoms with van der Waals surface area (Å²) in [6.07, 6.45) is 5.87. The lowest BCUT2D eigenvalue weighted by Crippen LogP contribution is -2.33. The molecular formula is C19H19N3O2. The highest BCUT2D eigenvalue weighted by molar-refractivity contribution is 5.93. The minimum atomic E-state index is 0.0123. The fourth-order valence-electron chi connectivity index (χ4n) is 3.35. The molecule has 1 aromatic carbocycles. The summed E-state index contributed by atoms with van der Waals surface area (Å²) in [4.78, 5) is 18.3. The minimum absolute atomic E-state index is 0.0123. The average Bonchev–Trinajstić information content (AvgIpc) is 3.03. The average molecular weight is 321 g/mol. The molecule has 1 aliphatic rings. The third-order valence-corrected chi connectivity index (χ3v) is 4.58. The van der Waals surface area contributed by atoms with Gasteiger partial charge in [-0.1, -0.05) is 6.07 Å². The zero-order valence-corrected chi connectivity index (χ0v) is 13.6. The maximum atomic E-state index is 11.8. The largest absolute Gasteiger partial charge is 0.392 e. The fourth-order valence-corrected chi connectivity index (χ4v) is 3.35. The van der Waals surface area contributed by atoms with E-state index in [-0.39, 0.29) is 12.5 Å². The molecule has 1 aliphatic heterocycles. The molecule has 0 atom stereocenters. The smallest absolute Gasteiger partial charge is 0.223 e. The highest BCUT2D eigenvalue weighted by atomic mass is 16.3. The maximum Gasteiger partial charge on any atom is 0.223 e. The van der Waals surface area contributed by atoms with Gasteiger partial charge in [0, 0.05) is 37.1 Å². The Morgan fingerprint density at radius 1 is 1.29 bits per heavy atom. The van der Waals surface area contributed by atoms with E-state index in [4.69, 9.17) is 0 Å². The number of anilines is 1. The van der Waals surface area contributed by atoms with Crippen molar-refractivity contribution in [2.75, 3.05) is 11.4 Å². The van der Waals surface area contributed by atoms with Crippen LogP contribution in [0.15, 0.2) is 42.7 Å². The number of rotatable bonds is 2. The SMILES string of the molecule is CC(=O)N1CCCc2cc(-c3cn4ccc(CO)cc4n3)ccc21. The van der Waals surface area contributed by atoms with Crippen LogP contribution in [0, 0.1) is 0 Å². The first-order chi connectivity index (χ1) is 11.7. The number of imidazole rings is 1. The van der Waals surface area contributed by atoms with E-state index in [2.05, 4.69) is 11.1 Å². The highest BCUT2D eigenvalue weighted by Gasteiger charge is 2.20. The summed E-state index contributed by atoms with van der Waals surface area (Å²) in [5, 5.41) is 9.25. The number of nitrogens with zero attached hydrogens (tertiary/aromatic N) is 3. The fraction of sp³-hybridized carbons (Fsp3) is 0.263. The zero-order chi connectivity index (χ0) is 16.7. The van der Waals surface area contributed by atoms with Crippen LogP contribution in [0.3, 0.4) is 0 Å². The number of hydrogen-bond acceptors (Lipinski definition) is 3. The van der Waals surface area contributed by atoms with E-state index in [0.29, 0.717) is 0 Å². The lowest BCUT2D eigenvalue weighted by molar-refractivity contribution is -0.116. The Morgan fingerprint density at radius 2 is 2.17 bits per heavy atom. The second-order valence-electron chi connectivity index (χ2n) is 6.20. The van der Waals surface area contributed by atoms with Crippen LogP contribution < -0.4 is 4.90 Å². The van der Waals surface area contributed by atoms with Gasteiger partial charge in [0.2, 0.25) is 5.91 Å². The predicted octanol–water partition coefficient (Wildman–Crippen LogP) is 2.79. The first kappa shape index (κ1) is 14.9. The molecule has 0 saturated heterocycles. The minimum Gasteiger partial charge on any atom is -0.392 e. The number of hydrogen-bond donors (Lipinski definition) is 1. The Balaban J connectivity index is 1.76. The number of aromatic nitrogens is 2. The van der Waals surface area contributed by atoms with Gasteiger partial charge in [0.1, 0.15) is 5.65 Å². The van der Waals surface area contributed by atoms with Crippen molar-refractivity contribution in [3.63, 3.8) is 0 Å². The first-order valence-corrected chi connectivity index (χ1v) is 8.15. The van der Waals surface area contributed by atoms with Crippen molar-refractivity contribution in [1.29, 1.82) is 0 Å². The molecule has 0 fully saturated rings. The molecule has 0 bridgehead atoms. The Kier molecular flexibility index (Phi) is 3.58. The van der Waals surface area contributed by atoms with Gasteiger partial charge < -0.3 is 14.4 Å². The van der Waals surface area contributed by atoms with E-state index >= 15 is 0 Å². The molecule has 0 aliphatic carbocycles. The van der Waals surface area contributed by atoms with Gasteiger partial charge in [0.05, 0.1) is 12.3 Å². The van der Waals surface area contributed by atoms with E-state index in [0.717, 1.165) is 47.5 Å². The van der Waals surface area contributed by atoms with E-state index in [1.54, 1.807) is 6.92 Å². The second-order valence-corrected chi connectivity index (χ2v) is 6.20. The summed E-state index contributed by atoms with van der Waals surface area (Å²) in [5.74, 6) is 0.0907. The zero-order valence-electron chi connectivity index (χ0n) is 13.6. The number of carbonyl (C=O) groups excluding carboxylic acids is 1. The molecule has 24 heavy (non-hydrogen) atoms. The van der Waals surface area contributed by atoms with Crippen LogP contribution in [0.25, 0.3) is 16.9 Å². The summed E-state index contributed by atoms with van der Waals surface area (Å²) in [6, 6.07) is 9.96. The van der Waals surface area contributed by atoms with Crippen molar-refractivity contribution < 1.29 is 9.90 Å². The summed E-state index contributed by atoms with van der Waals surface area (Å²) in [6.45, 7) is 2.42. The van der Waals surface area contributed by atoms with E-state index in [1.807, 2.05) is 46.0 Å². The van der Waals surface area contributed by atoms with Gasteiger partial charge in [0.15, 0.2) is 0 Å². The Labute approximate surface area is 140 Å². The monoisotopic (exact) mass is 321 g/mol. The van der Waals surface area contributed by atoms with E-state index in [9.17, 15) is 9.90 Å². The van der Waals surface area contributed by atoms with E-state index < -0.39 is 0 Å². The van der Waals surface area contributed by atoms with Gasteiger partial charge in [-0.3, -0.25) is 4.79 Å². The molecule has 3 aromatic rings. The Morgan fingerprint density at radius 3 is 2.96 bits per heavy atom. The van der Waals surface area contributed by atoms with Crippen molar-refractivity contribution in [3.8, 4) is 11.3 Å². The van der Waals surface area contributed by atoms with Crippen molar-refractivity contribution in [2.45, 2.75) is 26.4 Å². The van der Waals surface area contributed by atoms with E-state index in [1.165, 1.54) is 5.56 Å². The Hall–Kier alpha value is -2.66. The molecule has 5 heteroatoms. The number of benzene rings is 1. The maximum absolute atomic E-state index is 11.8. The summed E-state index contributed by atoms with van der Waals surface area (Å²) >= 11 is 0. The van der Waals surface area contributed by atoms with Crippen LogP contribution in [-0.4, -0.2) is 26.9 Å². The molecule has 5 nitrogen and oxygen atoms in total. The van der Waals surface area contributed by atoms with Gasteiger partial charge in [-0.25, -0.2) is 4.98 Å². The van der Waals surface area contributed by atoms with Crippen LogP contribution in [0.4, 0.5) is 5.69 Å². The first-order valence-electron chi connectivity index (χ1n) is 8.15. The molecule has 122 valence electrons. The second kappa shape index (κ2) is 5.76. The van der Waals surface area contributed by atoms with Crippen LogP contribution in [0.1, 0.15) is 24.5 Å². The highest BCUT2D eigenvalue weighted by Crippen LogP contribution is 2.31. The molecular weight excluding hydrogens is 302 g/mol. The molecule has 3 heterocycles. The molecule has 1 N–H and O–H groups in total. The van der Waals surface area contributed by atoms with Crippen molar-refractivity contribution >= 4 is 17.2 Å². The van der Waals surface area contributed by atoms with Crippen LogP contribution in [0.2, 0.25) is 0 Å². The number of fused-ring (bicyclic) bond motifs is 2. The molecule has 4 rings (SSSR count). The quantitative estimate of drug-likeness (QED) is 0.789. The number of aliphatic hydroxyl groups is 1. The van der Waals surface area contributed by atoms with Crippen LogP contribution in [0.5, 0.6) is 0 Å². The molecule has 0 spiro atoms. The topological polar surface area (TPSA) is 57.8 Å². The molecule has 0 radical (unpaired) electrons. The number of aliphatic hydroxyl groups excluding tert-OH is 1. The predicted molar refractivity (Wildman–Crippen MR) is 92.9 cm³/mol. The number of amides is 1.